The van der Waals surface area contributed by atoms with Crippen molar-refractivity contribution in [2.75, 3.05) is 29.2 Å². The van der Waals surface area contributed by atoms with Crippen molar-refractivity contribution in [1.29, 1.82) is 0 Å². The lowest BCUT2D eigenvalue weighted by atomic mass is 10.0. The van der Waals surface area contributed by atoms with E-state index >= 15 is 0 Å². The summed E-state index contributed by atoms with van der Waals surface area (Å²) in [5.74, 6) is 2.25. The van der Waals surface area contributed by atoms with E-state index in [0.717, 1.165) is 74.0 Å². The Balaban J connectivity index is 0.000000167. The molecule has 4 fully saturated rings. The van der Waals surface area contributed by atoms with Crippen LogP contribution < -0.4 is 26.5 Å². The standard InChI is InChI=1S/C27H30N8O4S.C27H30N8O3S/c1-4-40(37,38)19-10-9-18(28-13-19)12-29-25-27(36)35(15(2)16-5-6-16)21-11-20(33-34-24(21)32-25)22-23(17-7-8-17)30-14-31-26(22)39-3;1-4-39(37,38)20-10-9-19(28-13-20)12-29-26-27(36)35(16(3)17-5-6-17)22-11-21(33-34-25(22)32-26)23-15(2)30-14-31-24(23)18-7-8-18/h9-11,13-17H,4-8,12H2,1-3H3,(H,29,32,34);9-11,13-14,16-18H,4-8,12H2,1-3H3,(H,29,32,34)/t15-;16-/m00/s1. The minimum absolute atomic E-state index is 0.000722. The molecule has 0 saturated heterocycles. The number of aryl methyl sites for hydroxylation is 1. The Kier molecular flexibility index (Phi) is 14.4. The molecule has 410 valence electrons. The van der Waals surface area contributed by atoms with E-state index in [4.69, 9.17) is 4.74 Å². The molecule has 25 heteroatoms. The minimum atomic E-state index is -3.34. The number of fused-ring (bicyclic) bond motifs is 2. The summed E-state index contributed by atoms with van der Waals surface area (Å²) < 4.78 is 57.4. The summed E-state index contributed by atoms with van der Waals surface area (Å²) in [4.78, 5) is 63.2. The fraction of sp³-hybridized carbons (Fsp3) is 0.444. The van der Waals surface area contributed by atoms with E-state index in [1.165, 1.54) is 30.9 Å². The summed E-state index contributed by atoms with van der Waals surface area (Å²) in [6.45, 7) is 9.62. The fourth-order valence-corrected chi connectivity index (χ4v) is 11.5. The summed E-state index contributed by atoms with van der Waals surface area (Å²) in [6.07, 6.45) is 14.3. The van der Waals surface area contributed by atoms with E-state index in [9.17, 15) is 26.4 Å². The van der Waals surface area contributed by atoms with Gasteiger partial charge in [0.25, 0.3) is 11.1 Å². The zero-order valence-corrected chi connectivity index (χ0v) is 46.3. The van der Waals surface area contributed by atoms with Gasteiger partial charge in [-0.2, -0.15) is 0 Å². The zero-order chi connectivity index (χ0) is 55.3. The maximum Gasteiger partial charge on any atom is 0.294 e. The molecule has 0 radical (unpaired) electrons. The lowest BCUT2D eigenvalue weighted by Crippen LogP contribution is -2.29. The molecule has 0 aromatic carbocycles. The monoisotopic (exact) mass is 1110 g/mol. The average molecular weight is 1110 g/mol. The van der Waals surface area contributed by atoms with Gasteiger partial charge in [-0.05, 0) is 120 Å². The molecule has 4 aliphatic carbocycles. The second kappa shape index (κ2) is 21.4. The molecule has 2 N–H and O–H groups in total. The smallest absolute Gasteiger partial charge is 0.294 e. The third-order valence-corrected chi connectivity index (χ3v) is 18.7. The van der Waals surface area contributed by atoms with Crippen molar-refractivity contribution in [2.24, 2.45) is 11.8 Å². The van der Waals surface area contributed by atoms with Crippen molar-refractivity contribution in [2.45, 2.75) is 133 Å². The Hall–Kier alpha value is -7.80. The minimum Gasteiger partial charge on any atom is -0.480 e. The van der Waals surface area contributed by atoms with Gasteiger partial charge in [0.05, 0.1) is 92.3 Å². The Morgan fingerprint density at radius 3 is 1.44 bits per heavy atom. The van der Waals surface area contributed by atoms with Gasteiger partial charge >= 0.3 is 0 Å². The van der Waals surface area contributed by atoms with Crippen LogP contribution in [0.25, 0.3) is 44.8 Å². The quantitative estimate of drug-likeness (QED) is 0.0831. The number of sulfone groups is 2. The van der Waals surface area contributed by atoms with E-state index in [1.807, 2.05) is 26.0 Å². The number of nitrogens with zero attached hydrogens (tertiary/aromatic N) is 14. The Morgan fingerprint density at radius 2 is 1.04 bits per heavy atom. The molecular formula is C54H60N16O7S2. The van der Waals surface area contributed by atoms with E-state index in [-0.39, 0.29) is 69.2 Å². The van der Waals surface area contributed by atoms with E-state index in [1.54, 1.807) is 48.6 Å². The van der Waals surface area contributed by atoms with Gasteiger partial charge in [-0.1, -0.05) is 13.8 Å². The van der Waals surface area contributed by atoms with Crippen LogP contribution >= 0.6 is 0 Å². The van der Waals surface area contributed by atoms with E-state index < -0.39 is 19.7 Å². The zero-order valence-electron chi connectivity index (χ0n) is 44.7. The molecule has 8 aromatic heterocycles. The van der Waals surface area contributed by atoms with Crippen LogP contribution in [0.2, 0.25) is 0 Å². The van der Waals surface area contributed by atoms with Gasteiger partial charge in [-0.25, -0.2) is 46.7 Å². The van der Waals surface area contributed by atoms with Crippen LogP contribution in [0, 0.1) is 18.8 Å². The SMILES string of the molecule is CCS(=O)(=O)c1ccc(CNc2nc3nnc(-c4c(C)ncnc4C4CC4)cc3n([C@@H](C)C3CC3)c2=O)nc1.CCS(=O)(=O)c1ccc(CNc2nc3nnc(-c4c(OC)ncnc4C4CC4)cc3n([C@@H](C)C3CC3)c2=O)nc1. The Morgan fingerprint density at radius 1 is 0.595 bits per heavy atom. The molecule has 4 aliphatic rings. The van der Waals surface area contributed by atoms with Gasteiger partial charge in [0, 0.05) is 41.9 Å². The lowest BCUT2D eigenvalue weighted by Gasteiger charge is -2.19. The fourth-order valence-electron chi connectivity index (χ4n) is 9.88. The molecule has 2 atom stereocenters. The number of ether oxygens (including phenoxy) is 1. The summed E-state index contributed by atoms with van der Waals surface area (Å²) in [5, 5.41) is 24.0. The van der Waals surface area contributed by atoms with Gasteiger partial charge in [-0.15, -0.1) is 20.4 Å². The molecule has 0 spiro atoms. The highest BCUT2D eigenvalue weighted by atomic mass is 32.2. The summed E-state index contributed by atoms with van der Waals surface area (Å²) in [5.41, 5.74) is 8.02. The van der Waals surface area contributed by atoms with Crippen LogP contribution in [0.5, 0.6) is 5.88 Å². The van der Waals surface area contributed by atoms with Crippen molar-refractivity contribution in [3.05, 3.63) is 111 Å². The van der Waals surface area contributed by atoms with Crippen LogP contribution in [0.4, 0.5) is 11.6 Å². The molecule has 8 aromatic rings. The highest BCUT2D eigenvalue weighted by molar-refractivity contribution is 7.91. The predicted octanol–water partition coefficient (Wildman–Crippen LogP) is 6.90. The Labute approximate surface area is 455 Å². The normalized spacial score (nSPS) is 16.3. The largest absolute Gasteiger partial charge is 0.480 e. The molecule has 12 rings (SSSR count). The summed E-state index contributed by atoms with van der Waals surface area (Å²) in [6, 6.07) is 9.94. The maximum absolute atomic E-state index is 13.8. The first-order chi connectivity index (χ1) is 38.1. The number of nitrogens with one attached hydrogen (secondary N) is 2. The van der Waals surface area contributed by atoms with Gasteiger partial charge < -0.3 is 15.4 Å². The number of rotatable bonds is 19. The molecule has 0 aliphatic heterocycles. The van der Waals surface area contributed by atoms with E-state index in [0.29, 0.717) is 80.2 Å². The molecule has 23 nitrogen and oxygen atoms in total. The topological polar surface area (TPSA) is 300 Å². The van der Waals surface area contributed by atoms with Crippen LogP contribution in [0.3, 0.4) is 0 Å². The van der Waals surface area contributed by atoms with Crippen LogP contribution in [0.15, 0.2) is 80.8 Å². The molecule has 0 bridgehead atoms. The Bertz CT molecular complexity index is 4000. The van der Waals surface area contributed by atoms with Gasteiger partial charge in [0.15, 0.2) is 31.3 Å². The van der Waals surface area contributed by atoms with Crippen molar-refractivity contribution in [3.63, 3.8) is 0 Å². The van der Waals surface area contributed by atoms with Crippen molar-refractivity contribution >= 4 is 53.6 Å². The molecule has 79 heavy (non-hydrogen) atoms. The second-order valence-electron chi connectivity index (χ2n) is 20.7. The van der Waals surface area contributed by atoms with Crippen molar-refractivity contribution < 1.29 is 21.6 Å². The number of hydrogen-bond donors (Lipinski definition) is 2. The first-order valence-electron chi connectivity index (χ1n) is 26.7. The van der Waals surface area contributed by atoms with E-state index in [2.05, 4.69) is 77.8 Å². The third-order valence-electron chi connectivity index (χ3n) is 15.2. The second-order valence-corrected chi connectivity index (χ2v) is 25.3. The predicted molar refractivity (Wildman–Crippen MR) is 294 cm³/mol. The number of methoxy groups -OCH3 is 1. The number of aromatic nitrogens is 14. The summed E-state index contributed by atoms with van der Waals surface area (Å²) in [7, 11) is -5.11. The van der Waals surface area contributed by atoms with Crippen molar-refractivity contribution in [3.8, 4) is 28.4 Å². The highest BCUT2D eigenvalue weighted by Crippen LogP contribution is 2.47. The molecule has 0 unspecified atom stereocenters. The van der Waals surface area contributed by atoms with Gasteiger partial charge in [0.1, 0.15) is 18.3 Å². The molecular weight excluding hydrogens is 1050 g/mol. The first kappa shape index (κ1) is 53.2. The van der Waals surface area contributed by atoms with Crippen molar-refractivity contribution in [1.82, 2.24) is 69.4 Å². The number of pyridine rings is 2. The van der Waals surface area contributed by atoms with Gasteiger partial charge in [-0.3, -0.25) is 28.7 Å². The molecule has 0 amide bonds. The summed E-state index contributed by atoms with van der Waals surface area (Å²) >= 11 is 0. The average Bonchev–Trinajstić information content (AvgIpc) is 4.41. The molecule has 4 saturated carbocycles. The number of anilines is 2. The first-order valence-corrected chi connectivity index (χ1v) is 30.0. The highest BCUT2D eigenvalue weighted by Gasteiger charge is 2.36. The maximum atomic E-state index is 13.8. The van der Waals surface area contributed by atoms with Crippen LogP contribution in [-0.2, 0) is 32.8 Å². The number of hydrogen-bond acceptors (Lipinski definition) is 21. The lowest BCUT2D eigenvalue weighted by molar-refractivity contribution is 0.397. The van der Waals surface area contributed by atoms with Crippen LogP contribution in [-0.4, -0.2) is 105 Å². The van der Waals surface area contributed by atoms with Crippen LogP contribution in [0.1, 0.15) is 131 Å². The third kappa shape index (κ3) is 11.0. The molecule has 8 heterocycles. The van der Waals surface area contributed by atoms with Gasteiger partial charge in [0.2, 0.25) is 17.2 Å².